The fourth-order valence-corrected chi connectivity index (χ4v) is 3.48. The Hall–Kier alpha value is -4.30. The number of nitrogens with zero attached hydrogens (tertiary/aromatic N) is 2. The molecule has 3 aromatic rings. The van der Waals surface area contributed by atoms with Crippen LogP contribution in [0.3, 0.4) is 0 Å². The molecule has 32 heavy (non-hydrogen) atoms. The Morgan fingerprint density at radius 2 is 1.66 bits per heavy atom. The maximum atomic E-state index is 12.6. The number of nitro groups is 1. The maximum absolute atomic E-state index is 12.6. The molecule has 0 fully saturated rings. The molecule has 9 heteroatoms. The van der Waals surface area contributed by atoms with Crippen LogP contribution in [-0.2, 0) is 4.79 Å². The fraction of sp³-hybridized carbons (Fsp3) is 0. The second kappa shape index (κ2) is 8.44. The highest BCUT2D eigenvalue weighted by atomic mass is 35.5. The molecule has 0 aromatic heterocycles. The van der Waals surface area contributed by atoms with Crippen molar-refractivity contribution in [1.82, 2.24) is 0 Å². The van der Waals surface area contributed by atoms with Gasteiger partial charge in [-0.05, 0) is 42.0 Å². The van der Waals surface area contributed by atoms with E-state index < -0.39 is 22.6 Å². The molecule has 0 atom stereocenters. The third-order valence-corrected chi connectivity index (χ3v) is 5.08. The molecule has 0 radical (unpaired) electrons. The van der Waals surface area contributed by atoms with Crippen molar-refractivity contribution in [3.05, 3.63) is 105 Å². The van der Waals surface area contributed by atoms with E-state index >= 15 is 0 Å². The Kier molecular flexibility index (Phi) is 5.53. The lowest BCUT2D eigenvalue weighted by Gasteiger charge is -2.15. The third kappa shape index (κ3) is 3.99. The Morgan fingerprint density at radius 1 is 0.969 bits per heavy atom. The number of halogens is 1. The summed E-state index contributed by atoms with van der Waals surface area (Å²) in [5, 5.41) is 13.6. The van der Waals surface area contributed by atoms with Gasteiger partial charge in [-0.3, -0.25) is 24.5 Å². The van der Waals surface area contributed by atoms with Crippen LogP contribution in [0.2, 0.25) is 5.02 Å². The van der Waals surface area contributed by atoms with E-state index in [1.807, 2.05) is 0 Å². The fourth-order valence-electron chi connectivity index (χ4n) is 3.26. The molecule has 0 saturated heterocycles. The number of fused-ring (bicyclic) bond motifs is 1. The molecule has 1 heterocycles. The maximum Gasteiger partial charge on any atom is 0.270 e. The molecular weight excluding hydrogens is 434 g/mol. The van der Waals surface area contributed by atoms with Crippen molar-refractivity contribution in [3.63, 3.8) is 0 Å². The molecule has 1 N–H and O–H groups in total. The summed E-state index contributed by atoms with van der Waals surface area (Å²) in [4.78, 5) is 48.8. The second-order valence-electron chi connectivity index (χ2n) is 6.83. The van der Waals surface area contributed by atoms with Gasteiger partial charge < -0.3 is 5.32 Å². The summed E-state index contributed by atoms with van der Waals surface area (Å²) in [5.74, 6) is -1.40. The predicted molar refractivity (Wildman–Crippen MR) is 120 cm³/mol. The van der Waals surface area contributed by atoms with E-state index in [-0.39, 0.29) is 22.1 Å². The summed E-state index contributed by atoms with van der Waals surface area (Å²) in [6.45, 7) is 0. The molecular formula is C23H14ClN3O5. The van der Waals surface area contributed by atoms with Crippen molar-refractivity contribution in [1.29, 1.82) is 0 Å². The van der Waals surface area contributed by atoms with Gasteiger partial charge >= 0.3 is 0 Å². The number of imide groups is 1. The smallest absolute Gasteiger partial charge is 0.270 e. The molecule has 3 aromatic carbocycles. The van der Waals surface area contributed by atoms with Gasteiger partial charge in [-0.25, -0.2) is 4.90 Å². The average molecular weight is 448 g/mol. The molecule has 1 aliphatic rings. The van der Waals surface area contributed by atoms with E-state index in [4.69, 9.17) is 11.6 Å². The van der Waals surface area contributed by atoms with Gasteiger partial charge in [0.05, 0.1) is 32.4 Å². The van der Waals surface area contributed by atoms with E-state index in [0.29, 0.717) is 16.7 Å². The minimum atomic E-state index is -0.521. The summed E-state index contributed by atoms with van der Waals surface area (Å²) in [6.07, 6.45) is 2.65. The number of anilines is 2. The number of amides is 3. The Morgan fingerprint density at radius 3 is 2.28 bits per heavy atom. The molecule has 0 aliphatic carbocycles. The summed E-state index contributed by atoms with van der Waals surface area (Å²) in [7, 11) is 0. The van der Waals surface area contributed by atoms with Crippen LogP contribution in [-0.4, -0.2) is 22.6 Å². The highest BCUT2D eigenvalue weighted by Gasteiger charge is 2.36. The summed E-state index contributed by atoms with van der Waals surface area (Å²) in [5.41, 5.74) is 1.60. The van der Waals surface area contributed by atoms with Gasteiger partial charge in [0.2, 0.25) is 5.91 Å². The highest BCUT2D eigenvalue weighted by molar-refractivity contribution is 6.36. The van der Waals surface area contributed by atoms with Crippen LogP contribution in [0.5, 0.6) is 0 Å². The van der Waals surface area contributed by atoms with E-state index in [9.17, 15) is 24.5 Å². The first-order valence-electron chi connectivity index (χ1n) is 9.36. The molecule has 0 bridgehead atoms. The van der Waals surface area contributed by atoms with Crippen molar-refractivity contribution in [2.24, 2.45) is 0 Å². The molecule has 158 valence electrons. The van der Waals surface area contributed by atoms with Crippen molar-refractivity contribution < 1.29 is 19.3 Å². The third-order valence-electron chi connectivity index (χ3n) is 4.77. The van der Waals surface area contributed by atoms with E-state index in [2.05, 4.69) is 5.32 Å². The van der Waals surface area contributed by atoms with Crippen molar-refractivity contribution in [2.75, 3.05) is 10.2 Å². The van der Waals surface area contributed by atoms with Gasteiger partial charge in [0.25, 0.3) is 17.5 Å². The van der Waals surface area contributed by atoms with E-state index in [1.54, 1.807) is 30.3 Å². The molecule has 3 amide bonds. The standard InChI is InChI=1S/C23H14ClN3O5/c24-19-13-15(26-22(29)17-6-1-2-7-18(17)23(26)30)9-10-20(19)25-21(28)11-8-14-4-3-5-16(12-14)27(31)32/h1-13H,(H,25,28). The summed E-state index contributed by atoms with van der Waals surface area (Å²) >= 11 is 6.27. The van der Waals surface area contributed by atoms with Crippen molar-refractivity contribution >= 4 is 52.5 Å². The Bertz CT molecular complexity index is 1280. The lowest BCUT2D eigenvalue weighted by molar-refractivity contribution is -0.384. The molecule has 1 aliphatic heterocycles. The van der Waals surface area contributed by atoms with Crippen LogP contribution >= 0.6 is 11.6 Å². The lowest BCUT2D eigenvalue weighted by atomic mass is 10.1. The normalized spacial score (nSPS) is 12.8. The SMILES string of the molecule is O=C(C=Cc1cccc([N+](=O)[O-])c1)Nc1ccc(N2C(=O)c3ccccc3C2=O)cc1Cl. The predicted octanol–water partition coefficient (Wildman–Crippen LogP) is 4.70. The van der Waals surface area contributed by atoms with Gasteiger partial charge in [-0.1, -0.05) is 35.9 Å². The number of non-ortho nitro benzene ring substituents is 1. The zero-order chi connectivity index (χ0) is 22.8. The van der Waals surface area contributed by atoms with E-state index in [1.165, 1.54) is 48.6 Å². The largest absolute Gasteiger partial charge is 0.321 e. The Balaban J connectivity index is 1.49. The van der Waals surface area contributed by atoms with Gasteiger partial charge in [-0.15, -0.1) is 0 Å². The first-order chi connectivity index (χ1) is 15.3. The number of carbonyl (C=O) groups is 3. The number of hydrogen-bond acceptors (Lipinski definition) is 5. The number of carbonyl (C=O) groups excluding carboxylic acids is 3. The van der Waals surface area contributed by atoms with Crippen molar-refractivity contribution in [3.8, 4) is 0 Å². The molecule has 4 rings (SSSR count). The van der Waals surface area contributed by atoms with Crippen LogP contribution in [0.1, 0.15) is 26.3 Å². The van der Waals surface area contributed by atoms with Crippen molar-refractivity contribution in [2.45, 2.75) is 0 Å². The zero-order valence-corrected chi connectivity index (χ0v) is 17.1. The number of hydrogen-bond donors (Lipinski definition) is 1. The monoisotopic (exact) mass is 447 g/mol. The quantitative estimate of drug-likeness (QED) is 0.264. The number of nitrogens with one attached hydrogen (secondary N) is 1. The minimum Gasteiger partial charge on any atom is -0.321 e. The molecule has 8 nitrogen and oxygen atoms in total. The van der Waals surface area contributed by atoms with Crippen LogP contribution in [0.15, 0.2) is 72.8 Å². The summed E-state index contributed by atoms with van der Waals surface area (Å²) in [6, 6.07) is 16.8. The number of nitro benzene ring substituents is 1. The number of benzene rings is 3. The molecule has 0 saturated carbocycles. The Labute approximate surface area is 186 Å². The van der Waals surface area contributed by atoms with Crippen LogP contribution in [0, 0.1) is 10.1 Å². The average Bonchev–Trinajstić information content (AvgIpc) is 3.04. The van der Waals surface area contributed by atoms with Gasteiger partial charge in [-0.2, -0.15) is 0 Å². The van der Waals surface area contributed by atoms with Gasteiger partial charge in [0.15, 0.2) is 0 Å². The zero-order valence-electron chi connectivity index (χ0n) is 16.3. The highest BCUT2D eigenvalue weighted by Crippen LogP contribution is 2.32. The summed E-state index contributed by atoms with van der Waals surface area (Å²) < 4.78 is 0. The van der Waals surface area contributed by atoms with E-state index in [0.717, 1.165) is 4.90 Å². The molecule has 0 unspecified atom stereocenters. The molecule has 0 spiro atoms. The van der Waals surface area contributed by atoms with Crippen LogP contribution in [0.4, 0.5) is 17.1 Å². The second-order valence-corrected chi connectivity index (χ2v) is 7.24. The number of rotatable bonds is 5. The lowest BCUT2D eigenvalue weighted by Crippen LogP contribution is -2.29. The first kappa shape index (κ1) is 21.0. The van der Waals surface area contributed by atoms with Gasteiger partial charge in [0.1, 0.15) is 0 Å². The first-order valence-corrected chi connectivity index (χ1v) is 9.74. The topological polar surface area (TPSA) is 110 Å². The minimum absolute atomic E-state index is 0.0839. The van der Waals surface area contributed by atoms with Crippen LogP contribution in [0.25, 0.3) is 6.08 Å². The van der Waals surface area contributed by atoms with Crippen LogP contribution < -0.4 is 10.2 Å². The van der Waals surface area contributed by atoms with Gasteiger partial charge in [0, 0.05) is 18.2 Å².